The minimum atomic E-state index is -0.227. The molecule has 102 valence electrons. The Morgan fingerprint density at radius 2 is 2.28 bits per heavy atom. The van der Waals surface area contributed by atoms with Crippen LogP contribution in [0.25, 0.3) is 0 Å². The number of nitrogens with zero attached hydrogens (tertiary/aromatic N) is 4. The van der Waals surface area contributed by atoms with Crippen LogP contribution in [-0.4, -0.2) is 43.5 Å². The van der Waals surface area contributed by atoms with E-state index in [1.165, 1.54) is 25.7 Å². The van der Waals surface area contributed by atoms with Crippen LogP contribution in [0.2, 0.25) is 0 Å². The maximum atomic E-state index is 9.64. The molecule has 1 aliphatic rings. The average Bonchev–Trinajstić information content (AvgIpc) is 2.58. The second kappa shape index (κ2) is 6.29. The molecule has 0 amide bonds. The molecule has 1 N–H and O–H groups in total. The standard InChI is InChI=1S/C13H24N4O/c1-11(18)8-12-6-4-3-5-7-17(12)9-13-15-14-10-16(13)2/h10-12,18H,3-9H2,1-2H3. The van der Waals surface area contributed by atoms with Crippen LogP contribution >= 0.6 is 0 Å². The minimum Gasteiger partial charge on any atom is -0.393 e. The molecule has 1 aromatic rings. The molecular weight excluding hydrogens is 228 g/mol. The van der Waals surface area contributed by atoms with E-state index in [0.29, 0.717) is 6.04 Å². The number of aromatic nitrogens is 3. The van der Waals surface area contributed by atoms with E-state index in [9.17, 15) is 5.11 Å². The molecule has 5 nitrogen and oxygen atoms in total. The summed E-state index contributed by atoms with van der Waals surface area (Å²) < 4.78 is 1.98. The predicted molar refractivity (Wildman–Crippen MR) is 70.0 cm³/mol. The number of likely N-dealkylation sites (tertiary alicyclic amines) is 1. The number of hydrogen-bond acceptors (Lipinski definition) is 4. The highest BCUT2D eigenvalue weighted by Crippen LogP contribution is 2.22. The van der Waals surface area contributed by atoms with Gasteiger partial charge in [0.05, 0.1) is 12.6 Å². The molecule has 2 unspecified atom stereocenters. The van der Waals surface area contributed by atoms with Crippen LogP contribution in [0, 0.1) is 0 Å². The van der Waals surface area contributed by atoms with E-state index in [4.69, 9.17) is 0 Å². The van der Waals surface area contributed by atoms with Gasteiger partial charge in [-0.2, -0.15) is 0 Å². The monoisotopic (exact) mass is 252 g/mol. The van der Waals surface area contributed by atoms with Crippen molar-refractivity contribution in [3.63, 3.8) is 0 Å². The molecule has 1 fully saturated rings. The molecule has 5 heteroatoms. The van der Waals surface area contributed by atoms with Crippen LogP contribution in [0.5, 0.6) is 0 Å². The quantitative estimate of drug-likeness (QED) is 0.878. The summed E-state index contributed by atoms with van der Waals surface area (Å²) in [6.07, 6.45) is 7.37. The highest BCUT2D eigenvalue weighted by atomic mass is 16.3. The topological polar surface area (TPSA) is 54.2 Å². The molecule has 0 spiro atoms. The Balaban J connectivity index is 2.03. The SMILES string of the molecule is CC(O)CC1CCCCCN1Cc1nncn1C. The van der Waals surface area contributed by atoms with Crippen molar-refractivity contribution in [1.82, 2.24) is 19.7 Å². The molecule has 0 aromatic carbocycles. The maximum Gasteiger partial charge on any atom is 0.146 e. The van der Waals surface area contributed by atoms with Gasteiger partial charge in [0.1, 0.15) is 12.2 Å². The van der Waals surface area contributed by atoms with E-state index in [1.54, 1.807) is 6.33 Å². The Morgan fingerprint density at radius 1 is 1.44 bits per heavy atom. The van der Waals surface area contributed by atoms with Gasteiger partial charge in [-0.15, -0.1) is 10.2 Å². The lowest BCUT2D eigenvalue weighted by Gasteiger charge is -2.30. The van der Waals surface area contributed by atoms with Crippen LogP contribution in [0.1, 0.15) is 44.9 Å². The van der Waals surface area contributed by atoms with Crippen molar-refractivity contribution in [2.45, 2.75) is 57.7 Å². The summed E-state index contributed by atoms with van der Waals surface area (Å²) >= 11 is 0. The Hall–Kier alpha value is -0.940. The van der Waals surface area contributed by atoms with Gasteiger partial charge in [-0.3, -0.25) is 4.90 Å². The lowest BCUT2D eigenvalue weighted by atomic mass is 10.0. The van der Waals surface area contributed by atoms with Crippen molar-refractivity contribution in [2.75, 3.05) is 6.54 Å². The molecule has 0 aliphatic carbocycles. The van der Waals surface area contributed by atoms with Gasteiger partial charge in [0.2, 0.25) is 0 Å². The van der Waals surface area contributed by atoms with Crippen LogP contribution < -0.4 is 0 Å². The van der Waals surface area contributed by atoms with E-state index in [0.717, 1.165) is 25.3 Å². The van der Waals surface area contributed by atoms with Crippen LogP contribution in [0.15, 0.2) is 6.33 Å². The Morgan fingerprint density at radius 3 is 2.94 bits per heavy atom. The van der Waals surface area contributed by atoms with Crippen molar-refractivity contribution < 1.29 is 5.11 Å². The van der Waals surface area contributed by atoms with Gasteiger partial charge in [0.15, 0.2) is 0 Å². The summed E-state index contributed by atoms with van der Waals surface area (Å²) in [5, 5.41) is 17.7. The molecule has 2 atom stereocenters. The Bertz CT molecular complexity index is 364. The minimum absolute atomic E-state index is 0.227. The van der Waals surface area contributed by atoms with Crippen LogP contribution in [0.3, 0.4) is 0 Å². The maximum absolute atomic E-state index is 9.64. The second-order valence-electron chi connectivity index (χ2n) is 5.42. The fourth-order valence-corrected chi connectivity index (χ4v) is 2.74. The number of aryl methyl sites for hydroxylation is 1. The molecule has 1 aliphatic heterocycles. The number of rotatable bonds is 4. The number of aliphatic hydroxyl groups excluding tert-OH is 1. The summed E-state index contributed by atoms with van der Waals surface area (Å²) in [7, 11) is 1.98. The fourth-order valence-electron chi connectivity index (χ4n) is 2.74. The first-order valence-corrected chi connectivity index (χ1v) is 6.92. The van der Waals surface area contributed by atoms with Gasteiger partial charge in [0, 0.05) is 13.1 Å². The fraction of sp³-hybridized carbons (Fsp3) is 0.846. The first-order valence-electron chi connectivity index (χ1n) is 6.92. The van der Waals surface area contributed by atoms with Gasteiger partial charge >= 0.3 is 0 Å². The first-order chi connectivity index (χ1) is 8.66. The van der Waals surface area contributed by atoms with Gasteiger partial charge < -0.3 is 9.67 Å². The molecule has 18 heavy (non-hydrogen) atoms. The van der Waals surface area contributed by atoms with Gasteiger partial charge in [-0.1, -0.05) is 12.8 Å². The van der Waals surface area contributed by atoms with Crippen molar-refractivity contribution in [1.29, 1.82) is 0 Å². The molecule has 1 aromatic heterocycles. The molecule has 2 heterocycles. The van der Waals surface area contributed by atoms with Crippen molar-refractivity contribution in [2.24, 2.45) is 7.05 Å². The van der Waals surface area contributed by atoms with Gasteiger partial charge in [-0.05, 0) is 32.7 Å². The smallest absolute Gasteiger partial charge is 0.146 e. The lowest BCUT2D eigenvalue weighted by molar-refractivity contribution is 0.106. The zero-order valence-corrected chi connectivity index (χ0v) is 11.4. The third-order valence-electron chi connectivity index (χ3n) is 3.76. The molecule has 1 saturated heterocycles. The van der Waals surface area contributed by atoms with E-state index in [-0.39, 0.29) is 6.10 Å². The zero-order chi connectivity index (χ0) is 13.0. The average molecular weight is 252 g/mol. The molecule has 0 radical (unpaired) electrons. The Labute approximate surface area is 109 Å². The molecule has 0 saturated carbocycles. The van der Waals surface area contributed by atoms with E-state index >= 15 is 0 Å². The largest absolute Gasteiger partial charge is 0.393 e. The predicted octanol–water partition coefficient (Wildman–Crippen LogP) is 1.33. The number of hydrogen-bond donors (Lipinski definition) is 1. The Kier molecular flexibility index (Phi) is 4.72. The van der Waals surface area contributed by atoms with Crippen LogP contribution in [-0.2, 0) is 13.6 Å². The lowest BCUT2D eigenvalue weighted by Crippen LogP contribution is -2.37. The zero-order valence-electron chi connectivity index (χ0n) is 11.4. The van der Waals surface area contributed by atoms with Crippen LogP contribution in [0.4, 0.5) is 0 Å². The summed E-state index contributed by atoms with van der Waals surface area (Å²) in [6, 6.07) is 0.476. The molecule has 2 rings (SSSR count). The van der Waals surface area contributed by atoms with Gasteiger partial charge in [-0.25, -0.2) is 0 Å². The second-order valence-corrected chi connectivity index (χ2v) is 5.42. The molecule has 0 bridgehead atoms. The summed E-state index contributed by atoms with van der Waals surface area (Å²) in [5.41, 5.74) is 0. The normalized spacial score (nSPS) is 23.8. The molecular formula is C13H24N4O. The highest BCUT2D eigenvalue weighted by molar-refractivity contribution is 4.87. The first kappa shape index (κ1) is 13.5. The van der Waals surface area contributed by atoms with E-state index < -0.39 is 0 Å². The van der Waals surface area contributed by atoms with Crippen molar-refractivity contribution >= 4 is 0 Å². The van der Waals surface area contributed by atoms with E-state index in [2.05, 4.69) is 15.1 Å². The highest BCUT2D eigenvalue weighted by Gasteiger charge is 2.23. The summed E-state index contributed by atoms with van der Waals surface area (Å²) in [4.78, 5) is 2.46. The third kappa shape index (κ3) is 3.53. The van der Waals surface area contributed by atoms with Gasteiger partial charge in [0.25, 0.3) is 0 Å². The van der Waals surface area contributed by atoms with E-state index in [1.807, 2.05) is 18.5 Å². The van der Waals surface area contributed by atoms with Crippen molar-refractivity contribution in [3.8, 4) is 0 Å². The summed E-state index contributed by atoms with van der Waals surface area (Å²) in [6.45, 7) is 3.82. The summed E-state index contributed by atoms with van der Waals surface area (Å²) in [5.74, 6) is 1.01. The number of aliphatic hydroxyl groups is 1. The third-order valence-corrected chi connectivity index (χ3v) is 3.76. The van der Waals surface area contributed by atoms with Crippen molar-refractivity contribution in [3.05, 3.63) is 12.2 Å².